The highest BCUT2D eigenvalue weighted by Gasteiger charge is 2.41. The van der Waals surface area contributed by atoms with E-state index in [0.717, 1.165) is 22.4 Å². The molecule has 0 aromatic heterocycles. The molecule has 3 rings (SSSR count). The number of halogens is 1. The van der Waals surface area contributed by atoms with Crippen LogP contribution in [-0.4, -0.2) is 40.6 Å². The van der Waals surface area contributed by atoms with Crippen molar-refractivity contribution in [2.75, 3.05) is 14.2 Å². The van der Waals surface area contributed by atoms with Crippen molar-refractivity contribution < 1.29 is 28.2 Å². The van der Waals surface area contributed by atoms with Crippen LogP contribution in [0.2, 0.25) is 23.2 Å². The number of carbonyl (C=O) groups is 2. The average Bonchev–Trinajstić information content (AvgIpc) is 3.00. The van der Waals surface area contributed by atoms with Gasteiger partial charge in [-0.2, -0.15) is 0 Å². The Morgan fingerprint density at radius 1 is 0.932 bits per heavy atom. The monoisotopic (exact) mass is 635 g/mol. The van der Waals surface area contributed by atoms with Crippen molar-refractivity contribution in [1.82, 2.24) is 5.32 Å². The molecule has 0 saturated heterocycles. The number of ether oxygens (including phenoxy) is 3. The maximum Gasteiger partial charge on any atom is 0.407 e. The molecule has 1 N–H and O–H groups in total. The fraction of sp³-hybridized carbons (Fsp3) is 0.371. The van der Waals surface area contributed by atoms with Gasteiger partial charge >= 0.3 is 12.1 Å². The van der Waals surface area contributed by atoms with E-state index < -0.39 is 32.5 Å². The van der Waals surface area contributed by atoms with Crippen molar-refractivity contribution in [3.63, 3.8) is 0 Å². The SMILES string of the molecule is COC(=O)c1ccc(C#CCC[C@@H](NC(=O)OCc2ccc(OC)cc2)[C@H](O[Si](C)(C)C(C)(C)C)c2ccc(Cl)cc2)cc1. The van der Waals surface area contributed by atoms with Crippen molar-refractivity contribution in [3.8, 4) is 17.6 Å². The summed E-state index contributed by atoms with van der Waals surface area (Å²) in [6, 6.07) is 21.4. The summed E-state index contributed by atoms with van der Waals surface area (Å²) < 4.78 is 22.6. The molecular weight excluding hydrogens is 594 g/mol. The Labute approximate surface area is 267 Å². The Morgan fingerprint density at radius 2 is 1.57 bits per heavy atom. The van der Waals surface area contributed by atoms with E-state index in [-0.39, 0.29) is 11.6 Å². The van der Waals surface area contributed by atoms with Crippen LogP contribution in [0.3, 0.4) is 0 Å². The Kier molecular flexibility index (Phi) is 12.5. The van der Waals surface area contributed by atoms with Gasteiger partial charge in [0, 0.05) is 17.0 Å². The van der Waals surface area contributed by atoms with Crippen LogP contribution in [0, 0.1) is 11.8 Å². The van der Waals surface area contributed by atoms with Crippen molar-refractivity contribution in [2.45, 2.75) is 70.5 Å². The number of benzene rings is 3. The highest BCUT2D eigenvalue weighted by Crippen LogP contribution is 2.41. The highest BCUT2D eigenvalue weighted by molar-refractivity contribution is 6.74. The van der Waals surface area contributed by atoms with Gasteiger partial charge < -0.3 is 24.0 Å². The minimum atomic E-state index is -2.29. The molecule has 0 spiro atoms. The second-order valence-corrected chi connectivity index (χ2v) is 17.1. The number of esters is 1. The summed E-state index contributed by atoms with van der Waals surface area (Å²) in [5.41, 5.74) is 2.98. The van der Waals surface area contributed by atoms with Gasteiger partial charge in [0.15, 0.2) is 8.32 Å². The molecule has 9 heteroatoms. The van der Waals surface area contributed by atoms with Crippen molar-refractivity contribution in [3.05, 3.63) is 100 Å². The van der Waals surface area contributed by atoms with Gasteiger partial charge in [-0.3, -0.25) is 0 Å². The van der Waals surface area contributed by atoms with Crippen LogP contribution in [0.5, 0.6) is 5.75 Å². The lowest BCUT2D eigenvalue weighted by atomic mass is 9.98. The third kappa shape index (κ3) is 10.2. The molecule has 7 nitrogen and oxygen atoms in total. The number of methoxy groups -OCH3 is 2. The number of hydrogen-bond acceptors (Lipinski definition) is 6. The molecule has 0 saturated carbocycles. The summed E-state index contributed by atoms with van der Waals surface area (Å²) in [6.07, 6.45) is -0.0160. The second kappa shape index (κ2) is 15.8. The topological polar surface area (TPSA) is 83.1 Å². The molecule has 1 amide bonds. The first kappa shape index (κ1) is 34.7. The maximum absolute atomic E-state index is 13.2. The minimum Gasteiger partial charge on any atom is -0.497 e. The summed E-state index contributed by atoms with van der Waals surface area (Å²) in [6.45, 7) is 11.0. The van der Waals surface area contributed by atoms with Crippen LogP contribution < -0.4 is 10.1 Å². The lowest BCUT2D eigenvalue weighted by molar-refractivity contribution is 0.0600. The van der Waals surface area contributed by atoms with Crippen LogP contribution in [0.15, 0.2) is 72.8 Å². The molecule has 0 aliphatic heterocycles. The quantitative estimate of drug-likeness (QED) is 0.130. The molecule has 3 aromatic rings. The lowest BCUT2D eigenvalue weighted by Crippen LogP contribution is -2.48. The predicted molar refractivity (Wildman–Crippen MR) is 176 cm³/mol. The number of amides is 1. The van der Waals surface area contributed by atoms with Crippen molar-refractivity contribution in [2.24, 2.45) is 0 Å². The zero-order chi connectivity index (χ0) is 32.3. The molecule has 0 heterocycles. The number of alkyl carbamates (subject to hydrolysis) is 1. The molecule has 0 fully saturated rings. The lowest BCUT2D eigenvalue weighted by Gasteiger charge is -2.41. The van der Waals surface area contributed by atoms with E-state index in [9.17, 15) is 9.59 Å². The Morgan fingerprint density at radius 3 is 2.14 bits per heavy atom. The second-order valence-electron chi connectivity index (χ2n) is 11.9. The van der Waals surface area contributed by atoms with E-state index >= 15 is 0 Å². The first-order valence-corrected chi connectivity index (χ1v) is 17.8. The highest BCUT2D eigenvalue weighted by atomic mass is 35.5. The van der Waals surface area contributed by atoms with Crippen LogP contribution in [0.25, 0.3) is 0 Å². The third-order valence-corrected chi connectivity index (χ3v) is 12.5. The van der Waals surface area contributed by atoms with Gasteiger partial charge in [0.2, 0.25) is 0 Å². The largest absolute Gasteiger partial charge is 0.497 e. The number of carbonyl (C=O) groups excluding carboxylic acids is 2. The van der Waals surface area contributed by atoms with E-state index in [1.54, 1.807) is 31.4 Å². The molecule has 3 aromatic carbocycles. The third-order valence-electron chi connectivity index (χ3n) is 7.74. The van der Waals surface area contributed by atoms with Gasteiger partial charge in [-0.25, -0.2) is 9.59 Å². The van der Waals surface area contributed by atoms with Gasteiger partial charge in [0.1, 0.15) is 12.4 Å². The first-order chi connectivity index (χ1) is 20.8. The summed E-state index contributed by atoms with van der Waals surface area (Å²) in [7, 11) is 0.666. The zero-order valence-corrected chi connectivity index (χ0v) is 28.3. The fourth-order valence-corrected chi connectivity index (χ4v) is 5.51. The van der Waals surface area contributed by atoms with Crippen LogP contribution in [-0.2, 0) is 20.5 Å². The smallest absolute Gasteiger partial charge is 0.407 e. The van der Waals surface area contributed by atoms with E-state index in [1.807, 2.05) is 48.5 Å². The Bertz CT molecular complexity index is 1440. The van der Waals surface area contributed by atoms with E-state index in [2.05, 4.69) is 51.0 Å². The van der Waals surface area contributed by atoms with Gasteiger partial charge in [-0.15, -0.1) is 0 Å². The molecule has 44 heavy (non-hydrogen) atoms. The number of rotatable bonds is 11. The molecule has 0 unspecified atom stereocenters. The summed E-state index contributed by atoms with van der Waals surface area (Å²) in [5.74, 6) is 6.69. The molecule has 2 atom stereocenters. The minimum absolute atomic E-state index is 0.0622. The molecule has 0 radical (unpaired) electrons. The number of hydrogen-bond donors (Lipinski definition) is 1. The molecular formula is C35H42ClNO6Si. The van der Waals surface area contributed by atoms with Crippen molar-refractivity contribution in [1.29, 1.82) is 0 Å². The van der Waals surface area contributed by atoms with Crippen LogP contribution in [0.4, 0.5) is 4.79 Å². The van der Waals surface area contributed by atoms with E-state index in [0.29, 0.717) is 23.4 Å². The summed E-state index contributed by atoms with van der Waals surface area (Å²) in [4.78, 5) is 24.9. The maximum atomic E-state index is 13.2. The standard InChI is InChI=1S/C35H42ClNO6Si/c1-35(2,3)44(6,7)43-32(27-18-20-29(36)21-19-27)31(37-34(39)42-24-26-14-22-30(40-4)23-15-26)11-9-8-10-25-12-16-28(17-13-25)33(38)41-5/h12-23,31-32H,9,11,24H2,1-7H3,(H,37,39)/t31-,32-/m1/s1. The van der Waals surface area contributed by atoms with Gasteiger partial charge in [-0.1, -0.05) is 68.5 Å². The Hall–Kier alpha value is -3.77. The Balaban J connectivity index is 1.85. The summed E-state index contributed by atoms with van der Waals surface area (Å²) in [5, 5.41) is 3.64. The van der Waals surface area contributed by atoms with Gasteiger partial charge in [-0.05, 0) is 84.2 Å². The fourth-order valence-electron chi connectivity index (χ4n) is 4.09. The zero-order valence-electron chi connectivity index (χ0n) is 26.5. The van der Waals surface area contributed by atoms with Gasteiger partial charge in [0.25, 0.3) is 0 Å². The van der Waals surface area contributed by atoms with Crippen LogP contribution >= 0.6 is 11.6 Å². The summed E-state index contributed by atoms with van der Waals surface area (Å²) >= 11 is 6.23. The van der Waals surface area contributed by atoms with Crippen molar-refractivity contribution >= 4 is 32.0 Å². The molecule has 0 aliphatic rings. The number of nitrogens with one attached hydrogen (secondary N) is 1. The average molecular weight is 636 g/mol. The molecule has 0 bridgehead atoms. The first-order valence-electron chi connectivity index (χ1n) is 14.5. The molecule has 0 aliphatic carbocycles. The normalized spacial score (nSPS) is 12.7. The predicted octanol–water partition coefficient (Wildman–Crippen LogP) is 8.33. The van der Waals surface area contributed by atoms with E-state index in [4.69, 9.17) is 30.2 Å². The van der Waals surface area contributed by atoms with E-state index in [1.165, 1.54) is 7.11 Å². The van der Waals surface area contributed by atoms with Crippen LogP contribution in [0.1, 0.15) is 66.8 Å². The van der Waals surface area contributed by atoms with Gasteiger partial charge in [0.05, 0.1) is 31.9 Å². The molecule has 234 valence electrons.